The third-order valence-corrected chi connectivity index (χ3v) is 2.78. The fourth-order valence-electron chi connectivity index (χ4n) is 1.86. The smallest absolute Gasteiger partial charge is 0.126 e. The molecule has 0 bridgehead atoms. The molecule has 0 aromatic carbocycles. The zero-order valence-corrected chi connectivity index (χ0v) is 11.7. The summed E-state index contributed by atoms with van der Waals surface area (Å²) in [7, 11) is 4.22. The molecule has 0 aliphatic carbocycles. The average Bonchev–Trinajstić information content (AvgIpc) is 2.16. The molecule has 2 N–H and O–H groups in total. The van der Waals surface area contributed by atoms with Crippen LogP contribution in [0.1, 0.15) is 39.0 Å². The van der Waals surface area contributed by atoms with Gasteiger partial charge in [-0.25, -0.2) is 0 Å². The first kappa shape index (κ1) is 18.5. The molecule has 1 atom stereocenters. The number of nitrogens with zero attached hydrogens (tertiary/aromatic N) is 1. The Bertz CT molecular complexity index is 154. The van der Waals surface area contributed by atoms with Crippen molar-refractivity contribution in [3.05, 3.63) is 0 Å². The lowest BCUT2D eigenvalue weighted by molar-refractivity contribution is -0.893. The van der Waals surface area contributed by atoms with Gasteiger partial charge in [0, 0.05) is 0 Å². The zero-order chi connectivity index (χ0) is 11.7. The van der Waals surface area contributed by atoms with E-state index < -0.39 is 6.10 Å². The molecule has 0 aliphatic rings. The highest BCUT2D eigenvalue weighted by atomic mass is 35.5. The molecule has 0 amide bonds. The fourth-order valence-corrected chi connectivity index (χ4v) is 1.86. The van der Waals surface area contributed by atoms with E-state index in [1.807, 2.05) is 0 Å². The molecule has 1 unspecified atom stereocenters. The molecule has 100 valence electrons. The topological polar surface area (TPSA) is 40.5 Å². The Balaban J connectivity index is 0. The molecule has 0 aromatic rings. The zero-order valence-electron chi connectivity index (χ0n) is 11.0. The third-order valence-electron chi connectivity index (χ3n) is 2.78. The van der Waals surface area contributed by atoms with E-state index in [1.54, 1.807) is 0 Å². The van der Waals surface area contributed by atoms with Gasteiger partial charge in [-0.2, -0.15) is 0 Å². The maximum atomic E-state index is 9.37. The lowest BCUT2D eigenvalue weighted by atomic mass is 10.1. The summed E-state index contributed by atoms with van der Waals surface area (Å²) in [6.07, 6.45) is 5.85. The molecule has 4 heteroatoms. The number of halogens is 1. The van der Waals surface area contributed by atoms with E-state index >= 15 is 0 Å². The maximum Gasteiger partial charge on any atom is 0.126 e. The van der Waals surface area contributed by atoms with Crippen LogP contribution in [0, 0.1) is 0 Å². The van der Waals surface area contributed by atoms with Crippen molar-refractivity contribution < 1.29 is 27.1 Å². The van der Waals surface area contributed by atoms with Gasteiger partial charge in [-0.1, -0.05) is 26.2 Å². The van der Waals surface area contributed by atoms with Crippen molar-refractivity contribution in [2.75, 3.05) is 33.8 Å². The number of quaternary nitrogens is 1. The first-order valence-electron chi connectivity index (χ1n) is 6.12. The molecular weight excluding hydrogens is 226 g/mol. The van der Waals surface area contributed by atoms with Crippen molar-refractivity contribution in [2.45, 2.75) is 45.1 Å². The number of unbranched alkanes of at least 4 members (excludes halogenated alkanes) is 4. The van der Waals surface area contributed by atoms with Gasteiger partial charge in [-0.15, -0.1) is 0 Å². The SMILES string of the molecule is CCCCCCC[N+](C)(C)CC(O)CO.[Cl-]. The van der Waals surface area contributed by atoms with Gasteiger partial charge in [0.15, 0.2) is 0 Å². The van der Waals surface area contributed by atoms with Crippen molar-refractivity contribution in [2.24, 2.45) is 0 Å². The second-order valence-corrected chi connectivity index (χ2v) is 5.09. The molecule has 0 rings (SSSR count). The lowest BCUT2D eigenvalue weighted by Crippen LogP contribution is -3.00. The summed E-state index contributed by atoms with van der Waals surface area (Å²) in [6.45, 7) is 3.82. The molecular formula is C12H28ClNO2. The molecule has 0 aliphatic heterocycles. The average molecular weight is 254 g/mol. The predicted octanol–water partition coefficient (Wildman–Crippen LogP) is -1.61. The van der Waals surface area contributed by atoms with Gasteiger partial charge in [0.05, 0.1) is 27.2 Å². The van der Waals surface area contributed by atoms with Crippen LogP contribution < -0.4 is 12.4 Å². The van der Waals surface area contributed by atoms with Crippen LogP contribution in [0.15, 0.2) is 0 Å². The highest BCUT2D eigenvalue weighted by molar-refractivity contribution is 4.50. The standard InChI is InChI=1S/C12H28NO2.ClH/c1-4-5-6-7-8-9-13(2,3)10-12(15)11-14;/h12,14-15H,4-11H2,1-3H3;1H/q+1;/p-1. The van der Waals surface area contributed by atoms with Gasteiger partial charge in [-0.05, 0) is 12.8 Å². The molecule has 0 saturated heterocycles. The Morgan fingerprint density at radius 1 is 1.06 bits per heavy atom. The van der Waals surface area contributed by atoms with Crippen LogP contribution in [0.2, 0.25) is 0 Å². The van der Waals surface area contributed by atoms with Crippen molar-refractivity contribution in [3.63, 3.8) is 0 Å². The Labute approximate surface area is 106 Å². The molecule has 0 radical (unpaired) electrons. The third kappa shape index (κ3) is 10.7. The number of aliphatic hydroxyl groups is 2. The van der Waals surface area contributed by atoms with Gasteiger partial charge >= 0.3 is 0 Å². The van der Waals surface area contributed by atoms with Crippen LogP contribution in [0.5, 0.6) is 0 Å². The summed E-state index contributed by atoms with van der Waals surface area (Å²) in [4.78, 5) is 0. The number of aliphatic hydroxyl groups excluding tert-OH is 2. The normalized spacial score (nSPS) is 13.3. The Morgan fingerprint density at radius 3 is 2.12 bits per heavy atom. The minimum Gasteiger partial charge on any atom is -1.00 e. The monoisotopic (exact) mass is 253 g/mol. The van der Waals surface area contributed by atoms with E-state index in [0.717, 1.165) is 11.0 Å². The molecule has 0 aromatic heterocycles. The maximum absolute atomic E-state index is 9.37. The van der Waals surface area contributed by atoms with E-state index in [-0.39, 0.29) is 19.0 Å². The highest BCUT2D eigenvalue weighted by Crippen LogP contribution is 2.07. The quantitative estimate of drug-likeness (QED) is 0.384. The van der Waals surface area contributed by atoms with Crippen molar-refractivity contribution in [3.8, 4) is 0 Å². The Morgan fingerprint density at radius 2 is 1.62 bits per heavy atom. The molecule has 0 fully saturated rings. The van der Waals surface area contributed by atoms with Gasteiger partial charge in [0.2, 0.25) is 0 Å². The number of hydrogen-bond acceptors (Lipinski definition) is 2. The van der Waals surface area contributed by atoms with Gasteiger partial charge in [-0.3, -0.25) is 0 Å². The number of likely N-dealkylation sites (N-methyl/N-ethyl adjacent to an activating group) is 1. The second-order valence-electron chi connectivity index (χ2n) is 5.09. The van der Waals surface area contributed by atoms with Crippen LogP contribution in [0.3, 0.4) is 0 Å². The summed E-state index contributed by atoms with van der Waals surface area (Å²) in [5, 5.41) is 18.1. The van der Waals surface area contributed by atoms with Crippen LogP contribution in [0.4, 0.5) is 0 Å². The molecule has 0 heterocycles. The van der Waals surface area contributed by atoms with Crippen LogP contribution in [-0.2, 0) is 0 Å². The van der Waals surface area contributed by atoms with Crippen molar-refractivity contribution >= 4 is 0 Å². The largest absolute Gasteiger partial charge is 1.00 e. The van der Waals surface area contributed by atoms with Gasteiger partial charge in [0.1, 0.15) is 12.6 Å². The van der Waals surface area contributed by atoms with E-state index in [4.69, 9.17) is 5.11 Å². The first-order valence-corrected chi connectivity index (χ1v) is 6.12. The Hall–Kier alpha value is 0.170. The van der Waals surface area contributed by atoms with E-state index in [2.05, 4.69) is 21.0 Å². The molecule has 0 spiro atoms. The van der Waals surface area contributed by atoms with Crippen molar-refractivity contribution in [1.82, 2.24) is 0 Å². The molecule has 3 nitrogen and oxygen atoms in total. The molecule has 16 heavy (non-hydrogen) atoms. The summed E-state index contributed by atoms with van der Waals surface area (Å²) >= 11 is 0. The predicted molar refractivity (Wildman–Crippen MR) is 63.7 cm³/mol. The Kier molecular flexibility index (Phi) is 12.0. The lowest BCUT2D eigenvalue weighted by Gasteiger charge is -2.31. The summed E-state index contributed by atoms with van der Waals surface area (Å²) in [5.41, 5.74) is 0. The minimum atomic E-state index is -0.573. The van der Waals surface area contributed by atoms with Crippen LogP contribution >= 0.6 is 0 Å². The fraction of sp³-hybridized carbons (Fsp3) is 1.00. The minimum absolute atomic E-state index is 0. The van der Waals surface area contributed by atoms with Gasteiger partial charge < -0.3 is 27.1 Å². The van der Waals surface area contributed by atoms with Gasteiger partial charge in [0.25, 0.3) is 0 Å². The second kappa shape index (κ2) is 10.3. The number of rotatable bonds is 9. The summed E-state index contributed by atoms with van der Waals surface area (Å²) < 4.78 is 0.799. The van der Waals surface area contributed by atoms with Crippen LogP contribution in [-0.4, -0.2) is 54.6 Å². The van der Waals surface area contributed by atoms with Crippen molar-refractivity contribution in [1.29, 1.82) is 0 Å². The summed E-state index contributed by atoms with van der Waals surface area (Å²) in [6, 6.07) is 0. The van der Waals surface area contributed by atoms with E-state index in [1.165, 1.54) is 32.1 Å². The number of hydrogen-bond donors (Lipinski definition) is 2. The first-order chi connectivity index (χ1) is 7.02. The highest BCUT2D eigenvalue weighted by Gasteiger charge is 2.19. The van der Waals surface area contributed by atoms with E-state index in [0.29, 0.717) is 6.54 Å². The molecule has 0 saturated carbocycles. The summed E-state index contributed by atoms with van der Waals surface area (Å²) in [5.74, 6) is 0. The van der Waals surface area contributed by atoms with E-state index in [9.17, 15) is 5.11 Å². The van der Waals surface area contributed by atoms with Crippen LogP contribution in [0.25, 0.3) is 0 Å².